The first-order chi connectivity index (χ1) is 8.53. The van der Waals surface area contributed by atoms with E-state index < -0.39 is 9.84 Å². The zero-order valence-electron chi connectivity index (χ0n) is 9.78. The molecule has 0 aromatic carbocycles. The molecule has 0 aliphatic carbocycles. The van der Waals surface area contributed by atoms with Crippen molar-refractivity contribution in [2.75, 3.05) is 17.2 Å². The Morgan fingerprint density at radius 3 is 2.94 bits per heavy atom. The summed E-state index contributed by atoms with van der Waals surface area (Å²) in [6.45, 7) is 0. The van der Waals surface area contributed by atoms with E-state index >= 15 is 0 Å². The molecule has 1 fully saturated rings. The second-order valence-electron chi connectivity index (χ2n) is 4.72. The van der Waals surface area contributed by atoms with Crippen molar-refractivity contribution in [2.45, 2.75) is 12.8 Å². The van der Waals surface area contributed by atoms with Gasteiger partial charge in [0.15, 0.2) is 21.3 Å². The number of aromatic nitrogens is 3. The molecule has 1 saturated heterocycles. The predicted molar refractivity (Wildman–Crippen MR) is 67.9 cm³/mol. The number of anilines is 1. The summed E-state index contributed by atoms with van der Waals surface area (Å²) >= 11 is 0. The summed E-state index contributed by atoms with van der Waals surface area (Å²) in [4.78, 5) is 4.36. The molecule has 1 aliphatic rings. The Labute approximate surface area is 105 Å². The molecule has 2 aromatic heterocycles. The minimum Gasteiger partial charge on any atom is -0.384 e. The molecule has 18 heavy (non-hydrogen) atoms. The van der Waals surface area contributed by atoms with Gasteiger partial charge >= 0.3 is 0 Å². The van der Waals surface area contributed by atoms with Crippen molar-refractivity contribution in [3.8, 4) is 0 Å². The summed E-state index contributed by atoms with van der Waals surface area (Å²) in [5.41, 5.74) is 6.49. The number of nitrogen functional groups attached to an aromatic ring is 1. The SMILES string of the molecule is Nc1cccc2nc(CC3CCS(=O)(=O)C3)nn12. The summed E-state index contributed by atoms with van der Waals surface area (Å²) in [6, 6.07) is 5.41. The van der Waals surface area contributed by atoms with Gasteiger partial charge in [0.1, 0.15) is 5.82 Å². The fourth-order valence-corrected chi connectivity index (χ4v) is 4.21. The molecule has 2 aromatic rings. The van der Waals surface area contributed by atoms with Crippen LogP contribution < -0.4 is 5.73 Å². The minimum atomic E-state index is -2.84. The average molecular weight is 266 g/mol. The third-order valence-electron chi connectivity index (χ3n) is 3.23. The molecule has 1 atom stereocenters. The van der Waals surface area contributed by atoms with Crippen LogP contribution in [0.15, 0.2) is 18.2 Å². The highest BCUT2D eigenvalue weighted by molar-refractivity contribution is 7.91. The van der Waals surface area contributed by atoms with Gasteiger partial charge in [-0.05, 0) is 24.5 Å². The van der Waals surface area contributed by atoms with Gasteiger partial charge < -0.3 is 5.73 Å². The van der Waals surface area contributed by atoms with Crippen molar-refractivity contribution in [1.82, 2.24) is 14.6 Å². The molecular formula is C11H14N4O2S. The highest BCUT2D eigenvalue weighted by Crippen LogP contribution is 2.21. The van der Waals surface area contributed by atoms with Gasteiger partial charge in [0, 0.05) is 6.42 Å². The van der Waals surface area contributed by atoms with Crippen molar-refractivity contribution in [2.24, 2.45) is 5.92 Å². The fourth-order valence-electron chi connectivity index (χ4n) is 2.35. The van der Waals surface area contributed by atoms with E-state index in [4.69, 9.17) is 5.73 Å². The summed E-state index contributed by atoms with van der Waals surface area (Å²) in [5.74, 6) is 1.86. The lowest BCUT2D eigenvalue weighted by Gasteiger charge is -2.02. The maximum atomic E-state index is 11.4. The number of hydrogen-bond donors (Lipinski definition) is 1. The topological polar surface area (TPSA) is 90.3 Å². The van der Waals surface area contributed by atoms with E-state index in [2.05, 4.69) is 10.1 Å². The molecule has 6 nitrogen and oxygen atoms in total. The maximum Gasteiger partial charge on any atom is 0.157 e. The van der Waals surface area contributed by atoms with Crippen LogP contribution in [0.25, 0.3) is 5.65 Å². The van der Waals surface area contributed by atoms with Crippen LogP contribution in [0.5, 0.6) is 0 Å². The van der Waals surface area contributed by atoms with E-state index in [0.717, 1.165) is 0 Å². The number of nitrogens with zero attached hydrogens (tertiary/aromatic N) is 3. The fraction of sp³-hybridized carbons (Fsp3) is 0.455. The molecule has 0 spiro atoms. The summed E-state index contributed by atoms with van der Waals surface area (Å²) in [5, 5.41) is 4.31. The molecule has 7 heteroatoms. The zero-order chi connectivity index (χ0) is 12.8. The lowest BCUT2D eigenvalue weighted by Crippen LogP contribution is -2.08. The van der Waals surface area contributed by atoms with Gasteiger partial charge in [-0.25, -0.2) is 13.4 Å². The summed E-state index contributed by atoms with van der Waals surface area (Å²) < 4.78 is 24.4. The summed E-state index contributed by atoms with van der Waals surface area (Å²) in [6.07, 6.45) is 1.30. The lowest BCUT2D eigenvalue weighted by atomic mass is 10.1. The van der Waals surface area contributed by atoms with Crippen molar-refractivity contribution in [1.29, 1.82) is 0 Å². The average Bonchev–Trinajstić information content (AvgIpc) is 2.83. The molecule has 3 heterocycles. The minimum absolute atomic E-state index is 0.133. The number of nitrogens with two attached hydrogens (primary N) is 1. The second-order valence-corrected chi connectivity index (χ2v) is 6.95. The Morgan fingerprint density at radius 2 is 2.28 bits per heavy atom. The van der Waals surface area contributed by atoms with E-state index in [1.165, 1.54) is 0 Å². The van der Waals surface area contributed by atoms with Crippen LogP contribution in [-0.2, 0) is 16.3 Å². The molecule has 0 saturated carbocycles. The molecule has 0 radical (unpaired) electrons. The number of rotatable bonds is 2. The van der Waals surface area contributed by atoms with Crippen LogP contribution in [0.3, 0.4) is 0 Å². The van der Waals surface area contributed by atoms with Gasteiger partial charge in [0.2, 0.25) is 0 Å². The first kappa shape index (κ1) is 11.5. The van der Waals surface area contributed by atoms with Crippen molar-refractivity contribution >= 4 is 21.3 Å². The standard InChI is InChI=1S/C11H14N4O2S/c12-9-2-1-3-11-13-10(14-15(9)11)6-8-4-5-18(16,17)7-8/h1-3,8H,4-7,12H2. The van der Waals surface area contributed by atoms with Crippen LogP contribution in [0.2, 0.25) is 0 Å². The second kappa shape index (κ2) is 3.94. The normalized spacial score (nSPS) is 22.6. The van der Waals surface area contributed by atoms with Gasteiger partial charge in [-0.1, -0.05) is 6.07 Å². The third-order valence-corrected chi connectivity index (χ3v) is 5.07. The van der Waals surface area contributed by atoms with Crippen LogP contribution in [0, 0.1) is 5.92 Å². The smallest absolute Gasteiger partial charge is 0.157 e. The number of pyridine rings is 1. The largest absolute Gasteiger partial charge is 0.384 e. The van der Waals surface area contributed by atoms with Gasteiger partial charge in [-0.2, -0.15) is 4.52 Å². The zero-order valence-corrected chi connectivity index (χ0v) is 10.6. The number of fused-ring (bicyclic) bond motifs is 1. The molecule has 0 bridgehead atoms. The Kier molecular flexibility index (Phi) is 2.51. The first-order valence-electron chi connectivity index (χ1n) is 5.84. The quantitative estimate of drug-likeness (QED) is 0.843. The van der Waals surface area contributed by atoms with E-state index in [-0.39, 0.29) is 17.4 Å². The predicted octanol–water partition coefficient (Wildman–Crippen LogP) is 0.289. The van der Waals surface area contributed by atoms with E-state index in [9.17, 15) is 8.42 Å². The van der Waals surface area contributed by atoms with Crippen LogP contribution in [0.4, 0.5) is 5.82 Å². The molecule has 3 rings (SSSR count). The Balaban J connectivity index is 1.86. The lowest BCUT2D eigenvalue weighted by molar-refractivity contribution is 0.569. The highest BCUT2D eigenvalue weighted by atomic mass is 32.2. The maximum absolute atomic E-state index is 11.4. The summed E-state index contributed by atoms with van der Waals surface area (Å²) in [7, 11) is -2.84. The van der Waals surface area contributed by atoms with Gasteiger partial charge in [-0.3, -0.25) is 0 Å². The Hall–Kier alpha value is -1.63. The molecule has 96 valence electrons. The molecule has 1 aliphatic heterocycles. The van der Waals surface area contributed by atoms with Crippen LogP contribution in [0.1, 0.15) is 12.2 Å². The van der Waals surface area contributed by atoms with Crippen molar-refractivity contribution < 1.29 is 8.42 Å². The Morgan fingerprint density at radius 1 is 1.44 bits per heavy atom. The third kappa shape index (κ3) is 2.05. The van der Waals surface area contributed by atoms with E-state index in [0.29, 0.717) is 30.1 Å². The molecule has 0 amide bonds. The monoisotopic (exact) mass is 266 g/mol. The highest BCUT2D eigenvalue weighted by Gasteiger charge is 2.28. The van der Waals surface area contributed by atoms with Gasteiger partial charge in [0.25, 0.3) is 0 Å². The first-order valence-corrected chi connectivity index (χ1v) is 7.66. The number of hydrogen-bond acceptors (Lipinski definition) is 5. The van der Waals surface area contributed by atoms with Crippen LogP contribution in [-0.4, -0.2) is 34.5 Å². The Bertz CT molecular complexity index is 692. The van der Waals surface area contributed by atoms with E-state index in [1.807, 2.05) is 12.1 Å². The van der Waals surface area contributed by atoms with E-state index in [1.54, 1.807) is 10.6 Å². The van der Waals surface area contributed by atoms with Crippen molar-refractivity contribution in [3.05, 3.63) is 24.0 Å². The molecule has 1 unspecified atom stereocenters. The van der Waals surface area contributed by atoms with Crippen molar-refractivity contribution in [3.63, 3.8) is 0 Å². The molecular weight excluding hydrogens is 252 g/mol. The molecule has 2 N–H and O–H groups in total. The van der Waals surface area contributed by atoms with Gasteiger partial charge in [0.05, 0.1) is 11.5 Å². The van der Waals surface area contributed by atoms with Crippen LogP contribution >= 0.6 is 0 Å². The number of sulfone groups is 1. The van der Waals surface area contributed by atoms with Gasteiger partial charge in [-0.15, -0.1) is 5.10 Å².